The maximum absolute atomic E-state index is 5.85. The molecule has 0 aliphatic carbocycles. The summed E-state index contributed by atoms with van der Waals surface area (Å²) in [5.74, 6) is 2.10. The predicted octanol–water partition coefficient (Wildman–Crippen LogP) is 2.11. The molecule has 19 heavy (non-hydrogen) atoms. The fourth-order valence-corrected chi connectivity index (χ4v) is 1.65. The predicted molar refractivity (Wildman–Crippen MR) is 81.4 cm³/mol. The zero-order chi connectivity index (χ0) is 14.6. The summed E-state index contributed by atoms with van der Waals surface area (Å²) in [6.45, 7) is 9.45. The van der Waals surface area contributed by atoms with E-state index in [2.05, 4.69) is 62.0 Å². The number of nitrogen functional groups attached to an aromatic ring is 1. The first-order chi connectivity index (χ1) is 8.68. The molecule has 0 radical (unpaired) electrons. The molecule has 1 rings (SSSR count). The smallest absolute Gasteiger partial charge is 0.138 e. The summed E-state index contributed by atoms with van der Waals surface area (Å²) in [5.41, 5.74) is 5.76. The average Bonchev–Trinajstić information content (AvgIpc) is 2.24. The van der Waals surface area contributed by atoms with E-state index in [1.165, 1.54) is 0 Å². The molecule has 5 nitrogen and oxygen atoms in total. The molecular formula is C14H27N5. The van der Waals surface area contributed by atoms with Gasteiger partial charge in [0.1, 0.15) is 17.5 Å². The van der Waals surface area contributed by atoms with Crippen LogP contribution in [0.25, 0.3) is 0 Å². The van der Waals surface area contributed by atoms with Gasteiger partial charge in [-0.25, -0.2) is 9.97 Å². The van der Waals surface area contributed by atoms with Gasteiger partial charge in [-0.1, -0.05) is 20.8 Å². The maximum Gasteiger partial charge on any atom is 0.138 e. The Kier molecular flexibility index (Phi) is 5.11. The third kappa shape index (κ3) is 5.42. The highest BCUT2D eigenvalue weighted by atomic mass is 15.1. The summed E-state index contributed by atoms with van der Waals surface area (Å²) in [5, 5.41) is 3.39. The molecule has 3 N–H and O–H groups in total. The highest BCUT2D eigenvalue weighted by molar-refractivity contribution is 5.45. The lowest BCUT2D eigenvalue weighted by Crippen LogP contribution is -2.24. The van der Waals surface area contributed by atoms with Crippen molar-refractivity contribution in [3.05, 3.63) is 11.9 Å². The first kappa shape index (κ1) is 15.7. The molecule has 0 amide bonds. The van der Waals surface area contributed by atoms with Gasteiger partial charge in [-0.05, 0) is 34.0 Å². The molecule has 0 spiro atoms. The Balaban J connectivity index is 2.76. The van der Waals surface area contributed by atoms with Crippen LogP contribution in [0.2, 0.25) is 0 Å². The molecule has 1 atom stereocenters. The van der Waals surface area contributed by atoms with Crippen molar-refractivity contribution in [1.29, 1.82) is 0 Å². The van der Waals surface area contributed by atoms with Crippen LogP contribution in [0.5, 0.6) is 0 Å². The molecule has 0 bridgehead atoms. The van der Waals surface area contributed by atoms with E-state index in [0.717, 1.165) is 24.6 Å². The van der Waals surface area contributed by atoms with Crippen LogP contribution in [0.3, 0.4) is 0 Å². The van der Waals surface area contributed by atoms with E-state index in [9.17, 15) is 0 Å². The SMILES string of the molecule is CC(CCN(C)C)Nc1cc(N)nc(C(C)(C)C)n1. The van der Waals surface area contributed by atoms with Gasteiger partial charge in [0, 0.05) is 17.5 Å². The van der Waals surface area contributed by atoms with Crippen molar-refractivity contribution in [2.75, 3.05) is 31.7 Å². The van der Waals surface area contributed by atoms with E-state index in [1.807, 2.05) is 0 Å². The van der Waals surface area contributed by atoms with Gasteiger partial charge in [-0.3, -0.25) is 0 Å². The molecule has 1 aromatic rings. The molecule has 1 heterocycles. The minimum Gasteiger partial charge on any atom is -0.384 e. The van der Waals surface area contributed by atoms with Crippen LogP contribution in [0, 0.1) is 0 Å². The van der Waals surface area contributed by atoms with Crippen LogP contribution in [0.15, 0.2) is 6.07 Å². The number of nitrogens with two attached hydrogens (primary N) is 1. The zero-order valence-electron chi connectivity index (χ0n) is 13.0. The van der Waals surface area contributed by atoms with Crippen LogP contribution in [0.4, 0.5) is 11.6 Å². The Morgan fingerprint density at radius 1 is 1.32 bits per heavy atom. The molecule has 0 aliphatic heterocycles. The normalized spacial score (nSPS) is 13.6. The number of aromatic nitrogens is 2. The monoisotopic (exact) mass is 265 g/mol. The van der Waals surface area contributed by atoms with E-state index in [0.29, 0.717) is 11.9 Å². The number of hydrogen-bond donors (Lipinski definition) is 2. The lowest BCUT2D eigenvalue weighted by atomic mass is 9.96. The summed E-state index contributed by atoms with van der Waals surface area (Å²) in [4.78, 5) is 11.0. The van der Waals surface area contributed by atoms with Gasteiger partial charge in [0.15, 0.2) is 0 Å². The highest BCUT2D eigenvalue weighted by Gasteiger charge is 2.19. The summed E-state index contributed by atoms with van der Waals surface area (Å²) in [6.07, 6.45) is 1.06. The molecular weight excluding hydrogens is 238 g/mol. The Morgan fingerprint density at radius 3 is 2.47 bits per heavy atom. The summed E-state index contributed by atoms with van der Waals surface area (Å²) < 4.78 is 0. The van der Waals surface area contributed by atoms with E-state index >= 15 is 0 Å². The number of nitrogens with one attached hydrogen (secondary N) is 1. The van der Waals surface area contributed by atoms with E-state index in [-0.39, 0.29) is 5.41 Å². The van der Waals surface area contributed by atoms with Crippen molar-refractivity contribution in [1.82, 2.24) is 14.9 Å². The fraction of sp³-hybridized carbons (Fsp3) is 0.714. The first-order valence-electron chi connectivity index (χ1n) is 6.75. The molecule has 0 aromatic carbocycles. The van der Waals surface area contributed by atoms with Gasteiger partial charge in [0.25, 0.3) is 0 Å². The third-order valence-electron chi connectivity index (χ3n) is 2.82. The molecule has 5 heteroatoms. The van der Waals surface area contributed by atoms with Crippen molar-refractivity contribution < 1.29 is 0 Å². The Bertz CT molecular complexity index is 409. The molecule has 0 aliphatic rings. The van der Waals surface area contributed by atoms with Crippen LogP contribution >= 0.6 is 0 Å². The second-order valence-electron chi connectivity index (χ2n) is 6.39. The standard InChI is InChI=1S/C14H27N5/c1-10(7-8-19(5)6)16-12-9-11(15)17-13(18-12)14(2,3)4/h9-10H,7-8H2,1-6H3,(H3,15,16,17,18). The van der Waals surface area contributed by atoms with Crippen molar-refractivity contribution >= 4 is 11.6 Å². The second kappa shape index (κ2) is 6.19. The lowest BCUT2D eigenvalue weighted by Gasteiger charge is -2.20. The topological polar surface area (TPSA) is 67.1 Å². The fourth-order valence-electron chi connectivity index (χ4n) is 1.65. The average molecular weight is 265 g/mol. The van der Waals surface area contributed by atoms with Crippen molar-refractivity contribution in [3.63, 3.8) is 0 Å². The minimum atomic E-state index is -0.0985. The van der Waals surface area contributed by atoms with Crippen LogP contribution in [0.1, 0.15) is 39.9 Å². The Labute approximate surface area is 116 Å². The van der Waals surface area contributed by atoms with Crippen LogP contribution < -0.4 is 11.1 Å². The lowest BCUT2D eigenvalue weighted by molar-refractivity contribution is 0.390. The zero-order valence-corrected chi connectivity index (χ0v) is 13.0. The summed E-state index contributed by atoms with van der Waals surface area (Å²) in [6, 6.07) is 2.14. The minimum absolute atomic E-state index is 0.0985. The van der Waals surface area contributed by atoms with Crippen molar-refractivity contribution in [2.24, 2.45) is 0 Å². The number of hydrogen-bond acceptors (Lipinski definition) is 5. The van der Waals surface area contributed by atoms with Crippen molar-refractivity contribution in [3.8, 4) is 0 Å². The van der Waals surface area contributed by atoms with Gasteiger partial charge in [0.2, 0.25) is 0 Å². The van der Waals surface area contributed by atoms with Crippen molar-refractivity contribution in [2.45, 2.75) is 45.6 Å². The molecule has 0 fully saturated rings. The molecule has 108 valence electrons. The van der Waals surface area contributed by atoms with E-state index in [4.69, 9.17) is 5.73 Å². The van der Waals surface area contributed by atoms with Gasteiger partial charge in [-0.15, -0.1) is 0 Å². The van der Waals surface area contributed by atoms with Gasteiger partial charge < -0.3 is 16.0 Å². The molecule has 1 unspecified atom stereocenters. The first-order valence-corrected chi connectivity index (χ1v) is 6.75. The summed E-state index contributed by atoms with van der Waals surface area (Å²) in [7, 11) is 4.15. The van der Waals surface area contributed by atoms with Gasteiger partial charge in [0.05, 0.1) is 0 Å². The Hall–Kier alpha value is -1.36. The quantitative estimate of drug-likeness (QED) is 0.853. The number of nitrogens with zero attached hydrogens (tertiary/aromatic N) is 3. The van der Waals surface area contributed by atoms with E-state index in [1.54, 1.807) is 6.07 Å². The van der Waals surface area contributed by atoms with Crippen LogP contribution in [-0.2, 0) is 5.41 Å². The number of rotatable bonds is 5. The summed E-state index contributed by atoms with van der Waals surface area (Å²) >= 11 is 0. The van der Waals surface area contributed by atoms with Gasteiger partial charge in [-0.2, -0.15) is 0 Å². The molecule has 0 saturated carbocycles. The maximum atomic E-state index is 5.85. The van der Waals surface area contributed by atoms with E-state index < -0.39 is 0 Å². The van der Waals surface area contributed by atoms with Gasteiger partial charge >= 0.3 is 0 Å². The largest absolute Gasteiger partial charge is 0.384 e. The molecule has 1 aromatic heterocycles. The number of anilines is 2. The van der Waals surface area contributed by atoms with Crippen LogP contribution in [-0.4, -0.2) is 41.5 Å². The second-order valence-corrected chi connectivity index (χ2v) is 6.39. The Morgan fingerprint density at radius 2 is 1.95 bits per heavy atom. The highest BCUT2D eigenvalue weighted by Crippen LogP contribution is 2.21. The third-order valence-corrected chi connectivity index (χ3v) is 2.82. The molecule has 0 saturated heterocycles.